The second-order valence-corrected chi connectivity index (χ2v) is 8.26. The number of benzene rings is 2. The first kappa shape index (κ1) is 23.7. The van der Waals surface area contributed by atoms with Crippen LogP contribution in [0.2, 0.25) is 0 Å². The summed E-state index contributed by atoms with van der Waals surface area (Å²) in [5.74, 6) is -1.34. The van der Waals surface area contributed by atoms with Crippen LogP contribution in [0.1, 0.15) is 50.8 Å². The van der Waals surface area contributed by atoms with Crippen molar-refractivity contribution in [3.63, 3.8) is 0 Å². The third kappa shape index (κ3) is 6.52. The fraction of sp³-hybridized carbons (Fsp3) is 0.440. The predicted octanol–water partition coefficient (Wildman–Crippen LogP) is 4.61. The van der Waals surface area contributed by atoms with Crippen molar-refractivity contribution in [2.24, 2.45) is 0 Å². The molecule has 2 amide bonds. The zero-order chi connectivity index (χ0) is 22.9. The van der Waals surface area contributed by atoms with Crippen molar-refractivity contribution in [3.8, 4) is 0 Å². The quantitative estimate of drug-likeness (QED) is 0.595. The van der Waals surface area contributed by atoms with E-state index in [-0.39, 0.29) is 23.3 Å². The topological polar surface area (TPSA) is 61.4 Å². The van der Waals surface area contributed by atoms with Gasteiger partial charge in [0.2, 0.25) is 12.1 Å². The number of hydrogen-bond donors (Lipinski definition) is 2. The third-order valence-corrected chi connectivity index (χ3v) is 5.88. The van der Waals surface area contributed by atoms with Crippen LogP contribution in [0.5, 0.6) is 0 Å². The van der Waals surface area contributed by atoms with Gasteiger partial charge in [-0.2, -0.15) is 0 Å². The van der Waals surface area contributed by atoms with E-state index in [1.54, 1.807) is 54.3 Å². The zero-order valence-electron chi connectivity index (χ0n) is 18.4. The minimum atomic E-state index is -1.82. The summed E-state index contributed by atoms with van der Waals surface area (Å²) in [6.07, 6.45) is 3.27. The molecule has 0 radical (unpaired) electrons. The Balaban J connectivity index is 1.61. The molecule has 1 aliphatic carbocycles. The summed E-state index contributed by atoms with van der Waals surface area (Å²) in [7, 11) is 0. The maximum Gasteiger partial charge on any atom is 0.259 e. The van der Waals surface area contributed by atoms with Gasteiger partial charge >= 0.3 is 0 Å². The number of carbonyl (C=O) groups excluding carboxylic acids is 2. The lowest BCUT2D eigenvalue weighted by Crippen LogP contribution is -2.52. The molecule has 0 spiro atoms. The Bertz CT molecular complexity index is 871. The summed E-state index contributed by atoms with van der Waals surface area (Å²) >= 11 is 0. The molecule has 0 unspecified atom stereocenters. The Morgan fingerprint density at radius 1 is 1.03 bits per heavy atom. The van der Waals surface area contributed by atoms with Crippen LogP contribution >= 0.6 is 0 Å². The van der Waals surface area contributed by atoms with Crippen molar-refractivity contribution in [1.82, 2.24) is 10.2 Å². The highest BCUT2D eigenvalue weighted by atomic mass is 19.1. The molecule has 1 fully saturated rings. The fourth-order valence-corrected chi connectivity index (χ4v) is 4.12. The number of carbonyl (C=O) groups is 2. The summed E-state index contributed by atoms with van der Waals surface area (Å²) < 4.78 is 27.7. The molecule has 0 bridgehead atoms. The van der Waals surface area contributed by atoms with Crippen molar-refractivity contribution in [3.05, 3.63) is 66.0 Å². The van der Waals surface area contributed by atoms with E-state index in [9.17, 15) is 18.4 Å². The van der Waals surface area contributed by atoms with E-state index in [2.05, 4.69) is 10.6 Å². The van der Waals surface area contributed by atoms with Crippen LogP contribution in [0.25, 0.3) is 0 Å². The molecule has 1 aliphatic rings. The maximum absolute atomic E-state index is 14.6. The molecule has 2 aromatic carbocycles. The molecule has 2 aromatic rings. The second kappa shape index (κ2) is 11.6. The number of nitrogens with zero attached hydrogens (tertiary/aromatic N) is 1. The van der Waals surface area contributed by atoms with Crippen molar-refractivity contribution >= 4 is 17.5 Å². The molecule has 5 nitrogen and oxygen atoms in total. The van der Waals surface area contributed by atoms with Gasteiger partial charge in [-0.25, -0.2) is 8.78 Å². The number of nitrogens with one attached hydrogen (secondary N) is 2. The van der Waals surface area contributed by atoms with E-state index in [4.69, 9.17) is 0 Å². The Labute approximate surface area is 188 Å². The molecule has 0 aliphatic heterocycles. The second-order valence-electron chi connectivity index (χ2n) is 8.26. The molecule has 172 valence electrons. The first-order chi connectivity index (χ1) is 15.5. The lowest BCUT2D eigenvalue weighted by Gasteiger charge is -2.36. The summed E-state index contributed by atoms with van der Waals surface area (Å²) in [5.41, 5.74) is 1.03. The van der Waals surface area contributed by atoms with Crippen molar-refractivity contribution < 1.29 is 18.4 Å². The molecular weight excluding hydrogens is 412 g/mol. The smallest absolute Gasteiger partial charge is 0.259 e. The largest absolute Gasteiger partial charge is 0.383 e. The van der Waals surface area contributed by atoms with Crippen LogP contribution in [0, 0.1) is 5.82 Å². The minimum absolute atomic E-state index is 0.0981. The average molecular weight is 444 g/mol. The van der Waals surface area contributed by atoms with E-state index in [0.29, 0.717) is 13.1 Å². The molecule has 2 atom stereocenters. The molecule has 7 heteroatoms. The van der Waals surface area contributed by atoms with Crippen LogP contribution in [-0.2, 0) is 9.59 Å². The first-order valence-corrected chi connectivity index (χ1v) is 11.2. The molecule has 1 saturated carbocycles. The van der Waals surface area contributed by atoms with Gasteiger partial charge in [-0.1, -0.05) is 49.6 Å². The number of halogens is 2. The van der Waals surface area contributed by atoms with Gasteiger partial charge in [-0.3, -0.25) is 9.59 Å². The highest BCUT2D eigenvalue weighted by Crippen LogP contribution is 2.24. The number of alkyl halides is 1. The van der Waals surface area contributed by atoms with Crippen LogP contribution in [0.15, 0.2) is 54.6 Å². The van der Waals surface area contributed by atoms with E-state index < -0.39 is 18.1 Å². The van der Waals surface area contributed by atoms with Crippen LogP contribution in [-0.4, -0.2) is 41.9 Å². The van der Waals surface area contributed by atoms with Crippen LogP contribution in [0.3, 0.4) is 0 Å². The third-order valence-electron chi connectivity index (χ3n) is 5.88. The SMILES string of the molecule is C[C@H](NC(=O)[C@H](F)c1ccccc1)C(=O)N(CCNc1ccc(F)cc1)C1CCCCC1. The van der Waals surface area contributed by atoms with Crippen LogP contribution < -0.4 is 10.6 Å². The highest BCUT2D eigenvalue weighted by Gasteiger charge is 2.30. The number of anilines is 1. The number of hydrogen-bond acceptors (Lipinski definition) is 3. The predicted molar refractivity (Wildman–Crippen MR) is 121 cm³/mol. The Kier molecular flexibility index (Phi) is 8.59. The van der Waals surface area contributed by atoms with Gasteiger partial charge in [0.25, 0.3) is 5.91 Å². The standard InChI is InChI=1S/C25H31F2N3O2/c1-18(29-24(31)23(27)19-8-4-2-5-9-19)25(32)30(22-10-6-3-7-11-22)17-16-28-21-14-12-20(26)13-15-21/h2,4-5,8-9,12-15,18,22-23,28H,3,6-7,10-11,16-17H2,1H3,(H,29,31)/t18-,23+/m0/s1. The maximum atomic E-state index is 14.6. The van der Waals surface area contributed by atoms with E-state index in [1.165, 1.54) is 12.1 Å². The summed E-state index contributed by atoms with van der Waals surface area (Å²) in [5, 5.41) is 5.75. The van der Waals surface area contributed by atoms with Crippen molar-refractivity contribution in [1.29, 1.82) is 0 Å². The van der Waals surface area contributed by atoms with Gasteiger partial charge in [-0.05, 0) is 49.6 Å². The molecule has 32 heavy (non-hydrogen) atoms. The normalized spacial score (nSPS) is 16.1. The molecular formula is C25H31F2N3O2. The Morgan fingerprint density at radius 3 is 2.34 bits per heavy atom. The van der Waals surface area contributed by atoms with Gasteiger partial charge in [0.15, 0.2) is 0 Å². The summed E-state index contributed by atoms with van der Waals surface area (Å²) in [4.78, 5) is 27.4. The average Bonchev–Trinajstić information content (AvgIpc) is 2.83. The Morgan fingerprint density at radius 2 is 1.69 bits per heavy atom. The fourth-order valence-electron chi connectivity index (χ4n) is 4.12. The molecule has 0 saturated heterocycles. The van der Waals surface area contributed by atoms with Crippen molar-refractivity contribution in [2.45, 2.75) is 57.3 Å². The van der Waals surface area contributed by atoms with E-state index >= 15 is 0 Å². The summed E-state index contributed by atoms with van der Waals surface area (Å²) in [6, 6.07) is 13.5. The van der Waals surface area contributed by atoms with Gasteiger partial charge < -0.3 is 15.5 Å². The Hall–Kier alpha value is -2.96. The van der Waals surface area contributed by atoms with E-state index in [1.807, 2.05) is 0 Å². The monoisotopic (exact) mass is 443 g/mol. The lowest BCUT2D eigenvalue weighted by atomic mass is 9.93. The minimum Gasteiger partial charge on any atom is -0.383 e. The van der Waals surface area contributed by atoms with Crippen LogP contribution in [0.4, 0.5) is 14.5 Å². The highest BCUT2D eigenvalue weighted by molar-refractivity contribution is 5.89. The molecule has 2 N–H and O–H groups in total. The molecule has 0 heterocycles. The summed E-state index contributed by atoms with van der Waals surface area (Å²) in [6.45, 7) is 2.53. The molecule has 3 rings (SSSR count). The molecule has 0 aromatic heterocycles. The number of amides is 2. The first-order valence-electron chi connectivity index (χ1n) is 11.2. The van der Waals surface area contributed by atoms with Crippen molar-refractivity contribution in [2.75, 3.05) is 18.4 Å². The van der Waals surface area contributed by atoms with Gasteiger partial charge in [0, 0.05) is 24.8 Å². The zero-order valence-corrected chi connectivity index (χ0v) is 18.4. The van der Waals surface area contributed by atoms with Gasteiger partial charge in [-0.15, -0.1) is 0 Å². The van der Waals surface area contributed by atoms with Gasteiger partial charge in [0.05, 0.1) is 0 Å². The lowest BCUT2D eigenvalue weighted by molar-refractivity contribution is -0.139. The number of rotatable bonds is 9. The van der Waals surface area contributed by atoms with E-state index in [0.717, 1.165) is 37.8 Å². The van der Waals surface area contributed by atoms with Gasteiger partial charge in [0.1, 0.15) is 11.9 Å².